The summed E-state index contributed by atoms with van der Waals surface area (Å²) in [6.45, 7) is 3.83. The summed E-state index contributed by atoms with van der Waals surface area (Å²) < 4.78 is 0. The Morgan fingerprint density at radius 3 is 2.35 bits per heavy atom. The number of hydrogen-bond acceptors (Lipinski definition) is 3. The molecule has 5 heteroatoms. The van der Waals surface area contributed by atoms with Crippen molar-refractivity contribution in [3.05, 3.63) is 69.5 Å². The third-order valence-corrected chi connectivity index (χ3v) is 3.70. The van der Waals surface area contributed by atoms with E-state index < -0.39 is 11.5 Å². The lowest BCUT2D eigenvalue weighted by Crippen LogP contribution is -2.17. The molecule has 23 heavy (non-hydrogen) atoms. The molecule has 3 rings (SSSR count). The highest BCUT2D eigenvalue weighted by molar-refractivity contribution is 6.08. The molecular formula is C18H16N2O3. The van der Waals surface area contributed by atoms with Gasteiger partial charge in [0.1, 0.15) is 5.69 Å². The number of rotatable bonds is 3. The first-order chi connectivity index (χ1) is 11.0. The number of nitrogens with one attached hydrogen (secondary N) is 2. The van der Waals surface area contributed by atoms with Crippen LogP contribution in [0.25, 0.3) is 10.9 Å². The molecule has 0 unspecified atom stereocenters. The van der Waals surface area contributed by atoms with E-state index in [2.05, 4.69) is 10.3 Å². The first kappa shape index (κ1) is 14.8. The van der Waals surface area contributed by atoms with E-state index in [1.165, 1.54) is 0 Å². The fourth-order valence-electron chi connectivity index (χ4n) is 2.53. The number of aromatic carboxylic acids is 1. The average molecular weight is 308 g/mol. The number of aryl methyl sites for hydroxylation is 2. The second-order valence-corrected chi connectivity index (χ2v) is 5.55. The van der Waals surface area contributed by atoms with Crippen LogP contribution in [0.3, 0.4) is 0 Å². The number of carboxylic acid groups (broad SMARTS) is 1. The Kier molecular flexibility index (Phi) is 3.62. The molecule has 3 N–H and O–H groups in total. The van der Waals surface area contributed by atoms with Crippen molar-refractivity contribution in [2.24, 2.45) is 0 Å². The topological polar surface area (TPSA) is 82.2 Å². The molecule has 0 amide bonds. The molecule has 0 fully saturated rings. The number of pyridine rings is 1. The minimum atomic E-state index is -1.14. The molecular weight excluding hydrogens is 292 g/mol. The van der Waals surface area contributed by atoms with Crippen LogP contribution >= 0.6 is 0 Å². The zero-order chi connectivity index (χ0) is 16.6. The maximum atomic E-state index is 12.3. The van der Waals surface area contributed by atoms with E-state index in [1.54, 1.807) is 24.3 Å². The Balaban J connectivity index is 2.24. The highest BCUT2D eigenvalue weighted by atomic mass is 16.4. The third kappa shape index (κ3) is 2.81. The van der Waals surface area contributed by atoms with Crippen LogP contribution in [0.5, 0.6) is 0 Å². The van der Waals surface area contributed by atoms with Crippen molar-refractivity contribution in [2.75, 3.05) is 5.32 Å². The molecule has 1 heterocycles. The lowest BCUT2D eigenvalue weighted by atomic mass is 10.0. The summed E-state index contributed by atoms with van der Waals surface area (Å²) in [5.74, 6) is -1.14. The second-order valence-electron chi connectivity index (χ2n) is 5.55. The van der Waals surface area contributed by atoms with Crippen LogP contribution in [0.2, 0.25) is 0 Å². The molecule has 0 aliphatic heterocycles. The van der Waals surface area contributed by atoms with Crippen molar-refractivity contribution in [1.29, 1.82) is 0 Å². The van der Waals surface area contributed by atoms with E-state index in [9.17, 15) is 14.7 Å². The molecule has 0 radical (unpaired) electrons. The molecule has 0 aliphatic rings. The van der Waals surface area contributed by atoms with Crippen molar-refractivity contribution in [3.63, 3.8) is 0 Å². The van der Waals surface area contributed by atoms with Crippen LogP contribution in [0.1, 0.15) is 21.5 Å². The number of carboxylic acids is 1. The quantitative estimate of drug-likeness (QED) is 0.690. The van der Waals surface area contributed by atoms with E-state index in [0.717, 1.165) is 11.1 Å². The van der Waals surface area contributed by atoms with Crippen LogP contribution in [0.4, 0.5) is 11.4 Å². The fraction of sp³-hybridized carbons (Fsp3) is 0.111. The minimum Gasteiger partial charge on any atom is -0.478 e. The SMILES string of the molecule is Cc1ccc(Nc2c(C(=O)O)c3cc(C)ccc3[nH]c2=O)cc1. The summed E-state index contributed by atoms with van der Waals surface area (Å²) in [4.78, 5) is 26.8. The van der Waals surface area contributed by atoms with E-state index in [0.29, 0.717) is 16.6 Å². The summed E-state index contributed by atoms with van der Waals surface area (Å²) in [5, 5.41) is 13.1. The van der Waals surface area contributed by atoms with E-state index in [1.807, 2.05) is 32.0 Å². The van der Waals surface area contributed by atoms with Crippen molar-refractivity contribution in [1.82, 2.24) is 4.98 Å². The van der Waals surface area contributed by atoms with Gasteiger partial charge in [-0.05, 0) is 38.1 Å². The summed E-state index contributed by atoms with van der Waals surface area (Å²) in [5.41, 5.74) is 2.74. The smallest absolute Gasteiger partial charge is 0.338 e. The summed E-state index contributed by atoms with van der Waals surface area (Å²) >= 11 is 0. The van der Waals surface area contributed by atoms with Crippen molar-refractivity contribution in [3.8, 4) is 0 Å². The first-order valence-electron chi connectivity index (χ1n) is 7.19. The van der Waals surface area contributed by atoms with Crippen molar-refractivity contribution in [2.45, 2.75) is 13.8 Å². The highest BCUT2D eigenvalue weighted by Gasteiger charge is 2.19. The Labute approximate surface area is 132 Å². The van der Waals surface area contributed by atoms with Gasteiger partial charge in [0.15, 0.2) is 0 Å². The predicted octanol–water partition coefficient (Wildman–Crippen LogP) is 3.59. The Bertz CT molecular complexity index is 956. The minimum absolute atomic E-state index is 0.0203. The molecule has 0 atom stereocenters. The number of carbonyl (C=O) groups is 1. The van der Waals surface area contributed by atoms with Gasteiger partial charge >= 0.3 is 5.97 Å². The van der Waals surface area contributed by atoms with Crippen molar-refractivity contribution < 1.29 is 9.90 Å². The number of aromatic nitrogens is 1. The third-order valence-electron chi connectivity index (χ3n) is 3.70. The molecule has 2 aromatic carbocycles. The molecule has 5 nitrogen and oxygen atoms in total. The number of hydrogen-bond donors (Lipinski definition) is 3. The maximum absolute atomic E-state index is 12.3. The summed E-state index contributed by atoms with van der Waals surface area (Å²) in [6, 6.07) is 12.7. The van der Waals surface area contributed by atoms with Gasteiger partial charge in [0, 0.05) is 16.6 Å². The molecule has 0 saturated carbocycles. The fourth-order valence-corrected chi connectivity index (χ4v) is 2.53. The van der Waals surface area contributed by atoms with Gasteiger partial charge in [-0.1, -0.05) is 29.3 Å². The number of aromatic amines is 1. The van der Waals surface area contributed by atoms with Gasteiger partial charge in [0.25, 0.3) is 5.56 Å². The molecule has 0 aliphatic carbocycles. The van der Waals surface area contributed by atoms with Crippen LogP contribution in [-0.2, 0) is 0 Å². The monoisotopic (exact) mass is 308 g/mol. The second kappa shape index (κ2) is 5.61. The molecule has 3 aromatic rings. The summed E-state index contributed by atoms with van der Waals surface area (Å²) in [6.07, 6.45) is 0. The number of fused-ring (bicyclic) bond motifs is 1. The maximum Gasteiger partial charge on any atom is 0.338 e. The van der Waals surface area contributed by atoms with Crippen LogP contribution in [-0.4, -0.2) is 16.1 Å². The predicted molar refractivity (Wildman–Crippen MR) is 90.7 cm³/mol. The number of benzene rings is 2. The number of H-pyrrole nitrogens is 1. The van der Waals surface area contributed by atoms with Crippen molar-refractivity contribution >= 4 is 28.2 Å². The van der Waals surface area contributed by atoms with Gasteiger partial charge in [-0.25, -0.2) is 4.79 Å². The van der Waals surface area contributed by atoms with Gasteiger partial charge in [-0.2, -0.15) is 0 Å². The van der Waals surface area contributed by atoms with E-state index in [4.69, 9.17) is 0 Å². The molecule has 0 bridgehead atoms. The van der Waals surface area contributed by atoms with Gasteiger partial charge in [-0.3, -0.25) is 4.79 Å². The normalized spacial score (nSPS) is 10.7. The van der Waals surface area contributed by atoms with E-state index in [-0.39, 0.29) is 11.3 Å². The van der Waals surface area contributed by atoms with Gasteiger partial charge in [0.2, 0.25) is 0 Å². The van der Waals surface area contributed by atoms with Crippen LogP contribution in [0.15, 0.2) is 47.3 Å². The van der Waals surface area contributed by atoms with Gasteiger partial charge in [-0.15, -0.1) is 0 Å². The molecule has 0 saturated heterocycles. The van der Waals surface area contributed by atoms with E-state index >= 15 is 0 Å². The zero-order valence-corrected chi connectivity index (χ0v) is 12.8. The molecule has 0 spiro atoms. The highest BCUT2D eigenvalue weighted by Crippen LogP contribution is 2.25. The zero-order valence-electron chi connectivity index (χ0n) is 12.8. The standard InChI is InChI=1S/C18H16N2O3/c1-10-3-6-12(7-4-10)19-16-15(18(22)23)13-9-11(2)5-8-14(13)20-17(16)21/h3-9,19H,1-2H3,(H,20,21)(H,22,23). The lowest BCUT2D eigenvalue weighted by molar-refractivity contribution is 0.0700. The number of anilines is 2. The van der Waals surface area contributed by atoms with Gasteiger partial charge < -0.3 is 15.4 Å². The van der Waals surface area contributed by atoms with Crippen LogP contribution in [0, 0.1) is 13.8 Å². The average Bonchev–Trinajstić information content (AvgIpc) is 2.50. The summed E-state index contributed by atoms with van der Waals surface area (Å²) in [7, 11) is 0. The lowest BCUT2D eigenvalue weighted by Gasteiger charge is -2.12. The van der Waals surface area contributed by atoms with Crippen LogP contribution < -0.4 is 10.9 Å². The largest absolute Gasteiger partial charge is 0.478 e. The Morgan fingerprint density at radius 1 is 1.04 bits per heavy atom. The Morgan fingerprint density at radius 2 is 1.70 bits per heavy atom. The first-order valence-corrected chi connectivity index (χ1v) is 7.19. The molecule has 116 valence electrons. The molecule has 1 aromatic heterocycles. The Hall–Kier alpha value is -3.08. The van der Waals surface area contributed by atoms with Gasteiger partial charge in [0.05, 0.1) is 5.56 Å².